The summed E-state index contributed by atoms with van der Waals surface area (Å²) in [5.41, 5.74) is 2.54. The number of carbonyl (C=O) groups excluding carboxylic acids is 1. The Morgan fingerprint density at radius 2 is 1.69 bits per heavy atom. The van der Waals surface area contributed by atoms with E-state index >= 15 is 0 Å². The topological polar surface area (TPSA) is 73.3 Å². The van der Waals surface area contributed by atoms with Gasteiger partial charge in [0.15, 0.2) is 6.29 Å². The van der Waals surface area contributed by atoms with E-state index in [0.717, 1.165) is 0 Å². The fourth-order valence-corrected chi connectivity index (χ4v) is 3.34. The minimum atomic E-state index is -0.553. The Balaban J connectivity index is 1.85. The number of rotatable bonds is 6. The van der Waals surface area contributed by atoms with Crippen LogP contribution in [0.5, 0.6) is 0 Å². The van der Waals surface area contributed by atoms with Crippen LogP contribution in [0.2, 0.25) is 15.2 Å². The third-order valence-electron chi connectivity index (χ3n) is 4.10. The van der Waals surface area contributed by atoms with Crippen molar-refractivity contribution in [3.63, 3.8) is 0 Å². The predicted octanol–water partition coefficient (Wildman–Crippen LogP) is 5.65. The van der Waals surface area contributed by atoms with Gasteiger partial charge in [-0.25, -0.2) is 4.98 Å². The zero-order valence-corrected chi connectivity index (χ0v) is 17.7. The number of aromatic nitrogens is 2. The van der Waals surface area contributed by atoms with E-state index in [4.69, 9.17) is 44.3 Å². The summed E-state index contributed by atoms with van der Waals surface area (Å²) in [5.74, 6) is -0.416. The Morgan fingerprint density at radius 1 is 0.966 bits per heavy atom. The van der Waals surface area contributed by atoms with Crippen molar-refractivity contribution in [3.8, 4) is 11.1 Å². The maximum Gasteiger partial charge on any atom is 0.274 e. The van der Waals surface area contributed by atoms with Crippen LogP contribution in [0.1, 0.15) is 22.3 Å². The Kier molecular flexibility index (Phi) is 7.05. The number of hydrogen-bond acceptors (Lipinski definition) is 5. The highest BCUT2D eigenvalue weighted by Crippen LogP contribution is 2.39. The quantitative estimate of drug-likeness (QED) is 0.386. The first-order valence-electron chi connectivity index (χ1n) is 8.38. The molecule has 1 N–H and O–H groups in total. The van der Waals surface area contributed by atoms with Crippen LogP contribution in [0.15, 0.2) is 48.8 Å². The Hall–Kier alpha value is -2.22. The van der Waals surface area contributed by atoms with Gasteiger partial charge in [-0.15, -0.1) is 0 Å². The minimum absolute atomic E-state index is 0.171. The summed E-state index contributed by atoms with van der Waals surface area (Å²) >= 11 is 18.8. The Labute approximate surface area is 182 Å². The average molecular weight is 453 g/mol. The Bertz CT molecular complexity index is 1030. The standard InChI is InChI=1S/C20H16Cl3N3O3/c1-28-20(29-2)11-6-7-15(25-10-11)19(27)26-14-5-3-4-12(16(14)21)13-8-9-24-18(23)17(13)22/h3-10,20H,1-2H3,(H,26,27). The highest BCUT2D eigenvalue weighted by atomic mass is 35.5. The van der Waals surface area contributed by atoms with Crippen LogP contribution in [0.25, 0.3) is 11.1 Å². The van der Waals surface area contributed by atoms with Crippen LogP contribution >= 0.6 is 34.8 Å². The second-order valence-corrected chi connectivity index (χ2v) is 6.98. The number of hydrogen-bond donors (Lipinski definition) is 1. The molecule has 0 aliphatic carbocycles. The van der Waals surface area contributed by atoms with Gasteiger partial charge in [0.2, 0.25) is 0 Å². The van der Waals surface area contributed by atoms with E-state index < -0.39 is 12.2 Å². The number of amides is 1. The molecule has 0 spiro atoms. The Morgan fingerprint density at radius 3 is 2.34 bits per heavy atom. The largest absolute Gasteiger partial charge is 0.352 e. The van der Waals surface area contributed by atoms with Crippen LogP contribution in [0.4, 0.5) is 5.69 Å². The summed E-state index contributed by atoms with van der Waals surface area (Å²) in [6.45, 7) is 0. The van der Waals surface area contributed by atoms with E-state index in [1.165, 1.54) is 26.6 Å². The molecular weight excluding hydrogens is 437 g/mol. The number of methoxy groups -OCH3 is 2. The molecule has 3 aromatic rings. The third kappa shape index (κ3) is 4.69. The molecule has 9 heteroatoms. The van der Waals surface area contributed by atoms with Gasteiger partial charge in [0.1, 0.15) is 10.8 Å². The van der Waals surface area contributed by atoms with Gasteiger partial charge in [0.05, 0.1) is 15.7 Å². The van der Waals surface area contributed by atoms with Gasteiger partial charge in [0.25, 0.3) is 5.91 Å². The fraction of sp³-hybridized carbons (Fsp3) is 0.150. The van der Waals surface area contributed by atoms with Crippen molar-refractivity contribution in [2.24, 2.45) is 0 Å². The molecule has 0 atom stereocenters. The lowest BCUT2D eigenvalue weighted by atomic mass is 10.1. The molecule has 0 aliphatic rings. The number of benzene rings is 1. The van der Waals surface area contributed by atoms with Crippen LogP contribution in [0, 0.1) is 0 Å². The molecule has 0 saturated heterocycles. The van der Waals surface area contributed by atoms with Gasteiger partial charge in [-0.05, 0) is 18.2 Å². The van der Waals surface area contributed by atoms with Crippen molar-refractivity contribution in [3.05, 3.63) is 75.2 Å². The first-order valence-corrected chi connectivity index (χ1v) is 9.51. The molecule has 0 unspecified atom stereocenters. The second kappa shape index (κ2) is 9.52. The number of halogens is 3. The molecule has 1 amide bonds. The molecule has 2 heterocycles. The van der Waals surface area contributed by atoms with Gasteiger partial charge in [-0.1, -0.05) is 53.0 Å². The molecule has 0 fully saturated rings. The molecule has 1 aromatic carbocycles. The first-order chi connectivity index (χ1) is 14.0. The second-order valence-electron chi connectivity index (χ2n) is 5.86. The van der Waals surface area contributed by atoms with Crippen LogP contribution in [-0.4, -0.2) is 30.1 Å². The normalized spacial score (nSPS) is 11.0. The molecule has 0 bridgehead atoms. The average Bonchev–Trinajstić information content (AvgIpc) is 2.73. The number of nitrogens with one attached hydrogen (secondary N) is 1. The van der Waals surface area contributed by atoms with E-state index in [9.17, 15) is 4.79 Å². The first kappa shape index (κ1) is 21.5. The highest BCUT2D eigenvalue weighted by Gasteiger charge is 2.17. The molecule has 29 heavy (non-hydrogen) atoms. The highest BCUT2D eigenvalue weighted by molar-refractivity contribution is 6.44. The molecule has 3 rings (SSSR count). The molecule has 2 aromatic heterocycles. The number of nitrogens with zero attached hydrogens (tertiary/aromatic N) is 2. The molecular formula is C20H16Cl3N3O3. The SMILES string of the molecule is COC(OC)c1ccc(C(=O)Nc2cccc(-c3ccnc(Cl)c3Cl)c2Cl)nc1. The molecule has 0 radical (unpaired) electrons. The van der Waals surface area contributed by atoms with E-state index in [2.05, 4.69) is 15.3 Å². The number of carbonyl (C=O) groups is 1. The number of anilines is 1. The summed E-state index contributed by atoms with van der Waals surface area (Å²) in [5, 5.41) is 3.53. The minimum Gasteiger partial charge on any atom is -0.352 e. The maximum atomic E-state index is 12.6. The van der Waals surface area contributed by atoms with E-state index in [-0.39, 0.29) is 15.9 Å². The zero-order chi connectivity index (χ0) is 21.0. The lowest BCUT2D eigenvalue weighted by molar-refractivity contribution is -0.106. The van der Waals surface area contributed by atoms with Crippen LogP contribution in [-0.2, 0) is 9.47 Å². The zero-order valence-electron chi connectivity index (χ0n) is 15.4. The molecule has 0 aliphatic heterocycles. The lowest BCUT2D eigenvalue weighted by Crippen LogP contribution is -2.14. The molecule has 150 valence electrons. The summed E-state index contributed by atoms with van der Waals surface area (Å²) < 4.78 is 10.3. The summed E-state index contributed by atoms with van der Waals surface area (Å²) in [7, 11) is 3.04. The third-order valence-corrected chi connectivity index (χ3v) is 5.28. The smallest absolute Gasteiger partial charge is 0.274 e. The number of ether oxygens (including phenoxy) is 2. The van der Waals surface area contributed by atoms with Crippen molar-refractivity contribution < 1.29 is 14.3 Å². The summed E-state index contributed by atoms with van der Waals surface area (Å²) in [4.78, 5) is 20.7. The van der Waals surface area contributed by atoms with Crippen LogP contribution in [0.3, 0.4) is 0 Å². The molecule has 0 saturated carbocycles. The number of pyridine rings is 2. The fourth-order valence-electron chi connectivity index (χ4n) is 2.70. The van der Waals surface area contributed by atoms with E-state index in [0.29, 0.717) is 27.4 Å². The van der Waals surface area contributed by atoms with Gasteiger partial charge < -0.3 is 14.8 Å². The van der Waals surface area contributed by atoms with Gasteiger partial charge in [-0.2, -0.15) is 0 Å². The monoisotopic (exact) mass is 451 g/mol. The lowest BCUT2D eigenvalue weighted by Gasteiger charge is -2.14. The maximum absolute atomic E-state index is 12.6. The van der Waals surface area contributed by atoms with Crippen molar-refractivity contribution in [1.29, 1.82) is 0 Å². The van der Waals surface area contributed by atoms with Gasteiger partial charge >= 0.3 is 0 Å². The van der Waals surface area contributed by atoms with Crippen molar-refractivity contribution in [2.45, 2.75) is 6.29 Å². The van der Waals surface area contributed by atoms with E-state index in [1.54, 1.807) is 36.4 Å². The van der Waals surface area contributed by atoms with E-state index in [1.807, 2.05) is 0 Å². The predicted molar refractivity (Wildman–Crippen MR) is 114 cm³/mol. The molecule has 6 nitrogen and oxygen atoms in total. The summed E-state index contributed by atoms with van der Waals surface area (Å²) in [6, 6.07) is 10.2. The van der Waals surface area contributed by atoms with Crippen molar-refractivity contribution in [1.82, 2.24) is 9.97 Å². The van der Waals surface area contributed by atoms with Crippen molar-refractivity contribution in [2.75, 3.05) is 19.5 Å². The van der Waals surface area contributed by atoms with Gasteiger partial charge in [0, 0.05) is 43.3 Å². The van der Waals surface area contributed by atoms with Crippen LogP contribution < -0.4 is 5.32 Å². The van der Waals surface area contributed by atoms with Gasteiger partial charge in [-0.3, -0.25) is 9.78 Å². The summed E-state index contributed by atoms with van der Waals surface area (Å²) in [6.07, 6.45) is 2.50. The van der Waals surface area contributed by atoms with Crippen molar-refractivity contribution >= 4 is 46.4 Å².